The SMILES string of the molecule is CCC(CO)NS(=O)[O-]. The minimum atomic E-state index is -2.26. The first-order valence-electron chi connectivity index (χ1n) is 2.67. The van der Waals surface area contributed by atoms with Crippen LogP contribution in [0.2, 0.25) is 0 Å². The molecule has 0 heterocycles. The Bertz CT molecular complexity index is 93.8. The lowest BCUT2D eigenvalue weighted by Gasteiger charge is -2.14. The van der Waals surface area contributed by atoms with Gasteiger partial charge in [0.2, 0.25) is 0 Å². The molecule has 0 aliphatic carbocycles. The maximum atomic E-state index is 9.91. The molecule has 0 spiro atoms. The molecule has 0 aromatic carbocycles. The Balaban J connectivity index is 3.43. The molecule has 0 aromatic heterocycles. The van der Waals surface area contributed by atoms with Crippen molar-refractivity contribution < 1.29 is 13.9 Å². The van der Waals surface area contributed by atoms with E-state index in [1.807, 2.05) is 0 Å². The largest absolute Gasteiger partial charge is 0.760 e. The van der Waals surface area contributed by atoms with E-state index in [1.165, 1.54) is 0 Å². The Kier molecular flexibility index (Phi) is 4.88. The molecule has 9 heavy (non-hydrogen) atoms. The highest BCUT2D eigenvalue weighted by atomic mass is 32.2. The molecule has 0 fully saturated rings. The monoisotopic (exact) mass is 152 g/mol. The van der Waals surface area contributed by atoms with Crippen LogP contribution in [0.5, 0.6) is 0 Å². The van der Waals surface area contributed by atoms with Gasteiger partial charge in [-0.25, -0.2) is 4.72 Å². The van der Waals surface area contributed by atoms with Crippen LogP contribution in [0.25, 0.3) is 0 Å². The molecule has 0 saturated carbocycles. The molecule has 0 amide bonds. The second kappa shape index (κ2) is 4.87. The van der Waals surface area contributed by atoms with Gasteiger partial charge in [-0.3, -0.25) is 4.21 Å². The summed E-state index contributed by atoms with van der Waals surface area (Å²) in [5.74, 6) is 0. The van der Waals surface area contributed by atoms with Crippen LogP contribution >= 0.6 is 0 Å². The summed E-state index contributed by atoms with van der Waals surface area (Å²) in [6, 6.07) is -0.330. The highest BCUT2D eigenvalue weighted by Crippen LogP contribution is 1.87. The van der Waals surface area contributed by atoms with E-state index in [0.29, 0.717) is 6.42 Å². The molecule has 5 heteroatoms. The summed E-state index contributed by atoms with van der Waals surface area (Å²) >= 11 is -2.26. The van der Waals surface area contributed by atoms with Gasteiger partial charge in [-0.05, 0) is 6.42 Å². The Morgan fingerprint density at radius 3 is 2.56 bits per heavy atom. The van der Waals surface area contributed by atoms with Crippen molar-refractivity contribution in [3.8, 4) is 0 Å². The quantitative estimate of drug-likeness (QED) is 0.515. The van der Waals surface area contributed by atoms with Crippen molar-refractivity contribution in [2.75, 3.05) is 6.61 Å². The van der Waals surface area contributed by atoms with Crippen molar-refractivity contribution >= 4 is 11.3 Å². The fourth-order valence-corrected chi connectivity index (χ4v) is 0.899. The second-order valence-electron chi connectivity index (χ2n) is 1.64. The van der Waals surface area contributed by atoms with E-state index < -0.39 is 11.3 Å². The van der Waals surface area contributed by atoms with Gasteiger partial charge in [-0.1, -0.05) is 6.92 Å². The van der Waals surface area contributed by atoms with Crippen molar-refractivity contribution in [2.24, 2.45) is 0 Å². The van der Waals surface area contributed by atoms with Crippen LogP contribution < -0.4 is 4.72 Å². The molecule has 0 radical (unpaired) electrons. The van der Waals surface area contributed by atoms with E-state index in [2.05, 4.69) is 4.72 Å². The molecule has 4 nitrogen and oxygen atoms in total. The van der Waals surface area contributed by atoms with Crippen LogP contribution in [-0.4, -0.2) is 26.5 Å². The molecule has 0 aliphatic heterocycles. The van der Waals surface area contributed by atoms with Crippen molar-refractivity contribution in [3.63, 3.8) is 0 Å². The summed E-state index contributed by atoms with van der Waals surface area (Å²) in [7, 11) is 0. The van der Waals surface area contributed by atoms with E-state index in [-0.39, 0.29) is 12.6 Å². The lowest BCUT2D eigenvalue weighted by Crippen LogP contribution is -2.32. The fourth-order valence-electron chi connectivity index (χ4n) is 0.386. The predicted octanol–water partition coefficient (Wildman–Crippen LogP) is -0.859. The van der Waals surface area contributed by atoms with Gasteiger partial charge in [0.05, 0.1) is 6.61 Å². The van der Waals surface area contributed by atoms with Gasteiger partial charge in [0.15, 0.2) is 0 Å². The van der Waals surface area contributed by atoms with Gasteiger partial charge in [0.1, 0.15) is 0 Å². The minimum absolute atomic E-state index is 0.148. The third-order valence-corrected chi connectivity index (χ3v) is 1.50. The first-order chi connectivity index (χ1) is 4.20. The molecule has 0 aromatic rings. The summed E-state index contributed by atoms with van der Waals surface area (Å²) in [5, 5.41) is 8.44. The number of hydrogen-bond donors (Lipinski definition) is 2. The predicted molar refractivity (Wildman–Crippen MR) is 33.2 cm³/mol. The van der Waals surface area contributed by atoms with Crippen LogP contribution in [0.4, 0.5) is 0 Å². The third-order valence-electron chi connectivity index (χ3n) is 0.976. The normalized spacial score (nSPS) is 17.2. The number of aliphatic hydroxyl groups is 1. The maximum absolute atomic E-state index is 9.91. The van der Waals surface area contributed by atoms with Crippen LogP contribution in [0.3, 0.4) is 0 Å². The maximum Gasteiger partial charge on any atom is 0.0593 e. The average molecular weight is 152 g/mol. The molecular weight excluding hydrogens is 142 g/mol. The van der Waals surface area contributed by atoms with Gasteiger partial charge in [-0.15, -0.1) is 0 Å². The molecule has 0 rings (SSSR count). The zero-order valence-corrected chi connectivity index (χ0v) is 5.98. The summed E-state index contributed by atoms with van der Waals surface area (Å²) in [5.41, 5.74) is 0. The third kappa shape index (κ3) is 4.53. The molecule has 56 valence electrons. The second-order valence-corrected chi connectivity index (χ2v) is 2.35. The minimum Gasteiger partial charge on any atom is -0.760 e. The number of rotatable bonds is 4. The van der Waals surface area contributed by atoms with Crippen molar-refractivity contribution in [1.82, 2.24) is 4.72 Å². The van der Waals surface area contributed by atoms with Crippen LogP contribution in [0.1, 0.15) is 13.3 Å². The molecule has 0 aliphatic rings. The van der Waals surface area contributed by atoms with E-state index in [0.717, 1.165) is 0 Å². The Morgan fingerprint density at radius 1 is 1.89 bits per heavy atom. The Morgan fingerprint density at radius 2 is 2.44 bits per heavy atom. The lowest BCUT2D eigenvalue weighted by molar-refractivity contribution is 0.253. The molecular formula is C4H10NO3S-. The van der Waals surface area contributed by atoms with Gasteiger partial charge in [0, 0.05) is 17.3 Å². The van der Waals surface area contributed by atoms with Gasteiger partial charge in [0.25, 0.3) is 0 Å². The zero-order chi connectivity index (χ0) is 7.28. The van der Waals surface area contributed by atoms with Crippen molar-refractivity contribution in [1.29, 1.82) is 0 Å². The summed E-state index contributed by atoms with van der Waals surface area (Å²) in [6.07, 6.45) is 0.602. The van der Waals surface area contributed by atoms with E-state index >= 15 is 0 Å². The first-order valence-corrected chi connectivity index (χ1v) is 3.74. The summed E-state index contributed by atoms with van der Waals surface area (Å²) in [6.45, 7) is 1.64. The fraction of sp³-hybridized carbons (Fsp3) is 1.00. The number of aliphatic hydroxyl groups excluding tert-OH is 1. The van der Waals surface area contributed by atoms with Crippen LogP contribution in [0.15, 0.2) is 0 Å². The highest BCUT2D eigenvalue weighted by Gasteiger charge is 2.00. The average Bonchev–Trinajstić information content (AvgIpc) is 1.82. The van der Waals surface area contributed by atoms with Gasteiger partial charge >= 0.3 is 0 Å². The zero-order valence-electron chi connectivity index (χ0n) is 5.16. The van der Waals surface area contributed by atoms with E-state index in [9.17, 15) is 8.76 Å². The number of nitrogens with one attached hydrogen (secondary N) is 1. The molecule has 0 saturated heterocycles. The van der Waals surface area contributed by atoms with Crippen LogP contribution in [0, 0.1) is 0 Å². The van der Waals surface area contributed by atoms with Gasteiger partial charge in [-0.2, -0.15) is 0 Å². The first kappa shape index (κ1) is 9.03. The standard InChI is InChI=1S/C4H11NO3S/c1-2-4(3-6)5-9(7)8/h4-6H,2-3H2,1H3,(H,7,8)/p-1. The van der Waals surface area contributed by atoms with Gasteiger partial charge < -0.3 is 9.66 Å². The Labute approximate surface area is 56.7 Å². The molecule has 0 bridgehead atoms. The number of hydrogen-bond acceptors (Lipinski definition) is 3. The molecule has 2 unspecified atom stereocenters. The van der Waals surface area contributed by atoms with Crippen LogP contribution in [-0.2, 0) is 11.3 Å². The van der Waals surface area contributed by atoms with E-state index in [1.54, 1.807) is 6.92 Å². The molecule has 2 atom stereocenters. The van der Waals surface area contributed by atoms with Crippen molar-refractivity contribution in [3.05, 3.63) is 0 Å². The smallest absolute Gasteiger partial charge is 0.0593 e. The Hall–Kier alpha value is 0.0300. The lowest BCUT2D eigenvalue weighted by atomic mass is 10.3. The molecule has 2 N–H and O–H groups in total. The van der Waals surface area contributed by atoms with E-state index in [4.69, 9.17) is 5.11 Å². The topological polar surface area (TPSA) is 72.4 Å². The summed E-state index contributed by atoms with van der Waals surface area (Å²) < 4.78 is 22.0. The highest BCUT2D eigenvalue weighted by molar-refractivity contribution is 7.77. The van der Waals surface area contributed by atoms with Crippen molar-refractivity contribution in [2.45, 2.75) is 19.4 Å². The summed E-state index contributed by atoms with van der Waals surface area (Å²) in [4.78, 5) is 0.